The summed E-state index contributed by atoms with van der Waals surface area (Å²) in [7, 11) is 0. The van der Waals surface area contributed by atoms with Crippen LogP contribution in [0.2, 0.25) is 0 Å². The molecule has 1 aliphatic carbocycles. The predicted molar refractivity (Wildman–Crippen MR) is 68.5 cm³/mol. The molecule has 1 heterocycles. The molecule has 2 N–H and O–H groups in total. The molecular weight excluding hydrogens is 198 g/mol. The highest BCUT2D eigenvalue weighted by molar-refractivity contribution is 4.94. The Morgan fingerprint density at radius 2 is 1.81 bits per heavy atom. The molecule has 3 nitrogen and oxygen atoms in total. The zero-order chi connectivity index (χ0) is 11.6. The van der Waals surface area contributed by atoms with Gasteiger partial charge in [0, 0.05) is 38.3 Å². The van der Waals surface area contributed by atoms with E-state index >= 15 is 0 Å². The monoisotopic (exact) mass is 225 g/mol. The van der Waals surface area contributed by atoms with E-state index in [9.17, 15) is 0 Å². The van der Waals surface area contributed by atoms with Crippen molar-refractivity contribution in [1.82, 2.24) is 9.80 Å². The van der Waals surface area contributed by atoms with Crippen LogP contribution < -0.4 is 5.73 Å². The van der Waals surface area contributed by atoms with Crippen molar-refractivity contribution in [3.63, 3.8) is 0 Å². The Bertz CT molecular complexity index is 219. The molecule has 1 unspecified atom stereocenters. The number of hydrogen-bond acceptors (Lipinski definition) is 3. The summed E-state index contributed by atoms with van der Waals surface area (Å²) in [5.41, 5.74) is 6.29. The van der Waals surface area contributed by atoms with E-state index in [1.54, 1.807) is 0 Å². The third-order valence-corrected chi connectivity index (χ3v) is 4.45. The Balaban J connectivity index is 1.88. The first-order chi connectivity index (χ1) is 7.68. The van der Waals surface area contributed by atoms with Crippen molar-refractivity contribution in [2.24, 2.45) is 11.7 Å². The molecule has 0 radical (unpaired) electrons. The molecule has 2 aliphatic rings. The summed E-state index contributed by atoms with van der Waals surface area (Å²) in [5.74, 6) is 0.970. The second-order valence-corrected chi connectivity index (χ2v) is 5.77. The van der Waals surface area contributed by atoms with Crippen LogP contribution in [0.5, 0.6) is 0 Å². The lowest BCUT2D eigenvalue weighted by Gasteiger charge is -2.45. The van der Waals surface area contributed by atoms with Crippen LogP contribution in [0.3, 0.4) is 0 Å². The summed E-state index contributed by atoms with van der Waals surface area (Å²) in [6.45, 7) is 11.5. The van der Waals surface area contributed by atoms with Crippen LogP contribution in [0.4, 0.5) is 0 Å². The van der Waals surface area contributed by atoms with Crippen LogP contribution in [-0.4, -0.2) is 54.6 Å². The van der Waals surface area contributed by atoms with Gasteiger partial charge in [-0.2, -0.15) is 0 Å². The van der Waals surface area contributed by atoms with E-state index in [-0.39, 0.29) is 5.54 Å². The lowest BCUT2D eigenvalue weighted by molar-refractivity contribution is 0.0400. The van der Waals surface area contributed by atoms with Gasteiger partial charge in [0.15, 0.2) is 0 Å². The Labute approximate surface area is 100.0 Å². The van der Waals surface area contributed by atoms with E-state index in [1.807, 2.05) is 0 Å². The Morgan fingerprint density at radius 1 is 1.19 bits per heavy atom. The molecule has 3 heteroatoms. The molecule has 1 saturated carbocycles. The third-order valence-electron chi connectivity index (χ3n) is 4.45. The maximum absolute atomic E-state index is 6.03. The van der Waals surface area contributed by atoms with Crippen LogP contribution in [0.1, 0.15) is 33.1 Å². The van der Waals surface area contributed by atoms with Crippen molar-refractivity contribution in [1.29, 1.82) is 0 Å². The predicted octanol–water partition coefficient (Wildman–Crippen LogP) is 1.14. The molecule has 0 aromatic rings. The van der Waals surface area contributed by atoms with E-state index in [4.69, 9.17) is 5.73 Å². The van der Waals surface area contributed by atoms with Crippen molar-refractivity contribution in [3.8, 4) is 0 Å². The zero-order valence-corrected chi connectivity index (χ0v) is 10.9. The third kappa shape index (κ3) is 2.76. The van der Waals surface area contributed by atoms with Gasteiger partial charge in [0.2, 0.25) is 0 Å². The molecule has 2 rings (SSSR count). The molecule has 0 aromatic heterocycles. The highest BCUT2D eigenvalue weighted by atomic mass is 15.3. The van der Waals surface area contributed by atoms with Crippen molar-refractivity contribution >= 4 is 0 Å². The summed E-state index contributed by atoms with van der Waals surface area (Å²) in [6.07, 6.45) is 4.19. The fourth-order valence-corrected chi connectivity index (χ4v) is 2.89. The standard InChI is InChI=1S/C13H27N3/c1-3-15-6-8-16(9-7-15)13(2,11-14)10-12-4-5-12/h12H,3-11,14H2,1-2H3. The minimum absolute atomic E-state index is 0.265. The van der Waals surface area contributed by atoms with Gasteiger partial charge in [0.1, 0.15) is 0 Å². The fraction of sp³-hybridized carbons (Fsp3) is 1.00. The largest absolute Gasteiger partial charge is 0.329 e. The number of piperazine rings is 1. The number of rotatable bonds is 5. The van der Waals surface area contributed by atoms with Gasteiger partial charge >= 0.3 is 0 Å². The molecule has 16 heavy (non-hydrogen) atoms. The van der Waals surface area contributed by atoms with Gasteiger partial charge in [0.25, 0.3) is 0 Å². The van der Waals surface area contributed by atoms with Crippen LogP contribution >= 0.6 is 0 Å². The van der Waals surface area contributed by atoms with Gasteiger partial charge in [-0.25, -0.2) is 0 Å². The lowest BCUT2D eigenvalue weighted by Crippen LogP contribution is -2.58. The maximum atomic E-state index is 6.03. The average molecular weight is 225 g/mol. The van der Waals surface area contributed by atoms with Crippen molar-refractivity contribution in [3.05, 3.63) is 0 Å². The number of hydrogen-bond donors (Lipinski definition) is 1. The summed E-state index contributed by atoms with van der Waals surface area (Å²) in [4.78, 5) is 5.17. The van der Waals surface area contributed by atoms with Gasteiger partial charge in [-0.1, -0.05) is 19.8 Å². The molecule has 94 valence electrons. The second-order valence-electron chi connectivity index (χ2n) is 5.77. The van der Waals surface area contributed by atoms with Gasteiger partial charge in [0.05, 0.1) is 0 Å². The summed E-state index contributed by atoms with van der Waals surface area (Å²) in [5, 5.41) is 0. The molecular formula is C13H27N3. The molecule has 1 aliphatic heterocycles. The highest BCUT2D eigenvalue weighted by Crippen LogP contribution is 2.38. The highest BCUT2D eigenvalue weighted by Gasteiger charge is 2.37. The Hall–Kier alpha value is -0.120. The van der Waals surface area contributed by atoms with E-state index in [0.29, 0.717) is 0 Å². The maximum Gasteiger partial charge on any atom is 0.0307 e. The quantitative estimate of drug-likeness (QED) is 0.761. The minimum Gasteiger partial charge on any atom is -0.329 e. The van der Waals surface area contributed by atoms with Crippen LogP contribution in [-0.2, 0) is 0 Å². The fourth-order valence-electron chi connectivity index (χ4n) is 2.89. The van der Waals surface area contributed by atoms with E-state index < -0.39 is 0 Å². The van der Waals surface area contributed by atoms with Crippen molar-refractivity contribution < 1.29 is 0 Å². The molecule has 2 fully saturated rings. The molecule has 1 saturated heterocycles. The van der Waals surface area contributed by atoms with Gasteiger partial charge < -0.3 is 10.6 Å². The van der Waals surface area contributed by atoms with Crippen molar-refractivity contribution in [2.45, 2.75) is 38.6 Å². The molecule has 0 aromatic carbocycles. The first-order valence-corrected chi connectivity index (χ1v) is 6.85. The van der Waals surface area contributed by atoms with Crippen molar-refractivity contribution in [2.75, 3.05) is 39.3 Å². The normalized spacial score (nSPS) is 27.9. The van der Waals surface area contributed by atoms with Gasteiger partial charge in [-0.05, 0) is 25.8 Å². The molecule has 0 spiro atoms. The zero-order valence-electron chi connectivity index (χ0n) is 10.9. The molecule has 0 amide bonds. The Kier molecular flexibility index (Phi) is 3.88. The van der Waals surface area contributed by atoms with Crippen LogP contribution in [0.25, 0.3) is 0 Å². The average Bonchev–Trinajstić information content (AvgIpc) is 3.13. The van der Waals surface area contributed by atoms with E-state index in [2.05, 4.69) is 23.6 Å². The molecule has 0 bridgehead atoms. The molecule has 1 atom stereocenters. The smallest absolute Gasteiger partial charge is 0.0307 e. The summed E-state index contributed by atoms with van der Waals surface area (Å²) < 4.78 is 0. The minimum atomic E-state index is 0.265. The number of likely N-dealkylation sites (N-methyl/N-ethyl adjacent to an activating group) is 1. The number of nitrogens with two attached hydrogens (primary N) is 1. The summed E-state index contributed by atoms with van der Waals surface area (Å²) in [6, 6.07) is 0. The Morgan fingerprint density at radius 3 is 2.25 bits per heavy atom. The van der Waals surface area contributed by atoms with Gasteiger partial charge in [-0.3, -0.25) is 4.90 Å². The first kappa shape index (κ1) is 12.3. The van der Waals surface area contributed by atoms with E-state index in [1.165, 1.54) is 52.0 Å². The SMILES string of the molecule is CCN1CCN(C(C)(CN)CC2CC2)CC1. The lowest BCUT2D eigenvalue weighted by atomic mass is 9.92. The first-order valence-electron chi connectivity index (χ1n) is 6.85. The van der Waals surface area contributed by atoms with Crippen LogP contribution in [0.15, 0.2) is 0 Å². The summed E-state index contributed by atoms with van der Waals surface area (Å²) >= 11 is 0. The van der Waals surface area contributed by atoms with E-state index in [0.717, 1.165) is 12.5 Å². The van der Waals surface area contributed by atoms with Crippen LogP contribution in [0, 0.1) is 5.92 Å². The topological polar surface area (TPSA) is 32.5 Å². The number of nitrogens with zero attached hydrogens (tertiary/aromatic N) is 2. The second kappa shape index (κ2) is 5.03. The van der Waals surface area contributed by atoms with Gasteiger partial charge in [-0.15, -0.1) is 0 Å².